The smallest absolute Gasteiger partial charge is 0.253 e. The van der Waals surface area contributed by atoms with Crippen molar-refractivity contribution >= 4 is 5.91 Å². The number of nitrogens with zero attached hydrogens (tertiary/aromatic N) is 1. The van der Waals surface area contributed by atoms with Crippen LogP contribution in [0, 0.1) is 26.7 Å². The Kier molecular flexibility index (Phi) is 5.05. The highest BCUT2D eigenvalue weighted by Gasteiger charge is 2.18. The van der Waals surface area contributed by atoms with E-state index in [0.717, 1.165) is 48.7 Å². The molecule has 0 saturated carbocycles. The zero-order chi connectivity index (χ0) is 17.1. The Morgan fingerprint density at radius 1 is 1.29 bits per heavy atom. The minimum Gasteiger partial charge on any atom is -0.352 e. The Balaban J connectivity index is 1.73. The van der Waals surface area contributed by atoms with Gasteiger partial charge in [-0.3, -0.25) is 4.79 Å². The molecule has 1 amide bonds. The Morgan fingerprint density at radius 3 is 2.79 bits per heavy atom. The zero-order valence-electron chi connectivity index (χ0n) is 14.9. The van der Waals surface area contributed by atoms with E-state index in [1.807, 2.05) is 25.1 Å². The van der Waals surface area contributed by atoms with Crippen LogP contribution in [0.25, 0.3) is 5.69 Å². The number of hydrogen-bond donors (Lipinski definition) is 2. The fourth-order valence-corrected chi connectivity index (χ4v) is 3.62. The van der Waals surface area contributed by atoms with Gasteiger partial charge in [0.1, 0.15) is 0 Å². The van der Waals surface area contributed by atoms with Crippen LogP contribution in [-0.4, -0.2) is 30.1 Å². The van der Waals surface area contributed by atoms with Gasteiger partial charge in [0.15, 0.2) is 0 Å². The second-order valence-electron chi connectivity index (χ2n) is 6.81. The van der Waals surface area contributed by atoms with Gasteiger partial charge in [-0.05, 0) is 70.3 Å². The van der Waals surface area contributed by atoms with Gasteiger partial charge < -0.3 is 15.2 Å². The first-order valence-corrected chi connectivity index (χ1v) is 8.82. The van der Waals surface area contributed by atoms with Crippen LogP contribution in [0.3, 0.4) is 0 Å². The lowest BCUT2D eigenvalue weighted by molar-refractivity contribution is 0.0951. The molecule has 1 aromatic heterocycles. The summed E-state index contributed by atoms with van der Waals surface area (Å²) in [5.74, 6) is 0.735. The standard InChI is InChI=1S/C20H27N3O/c1-14-6-4-5-7-19(14)23-15(2)12-18(16(23)3)20(24)22-11-9-17-8-10-21-13-17/h4-7,12,17,21H,8-11,13H2,1-3H3,(H,22,24). The Labute approximate surface area is 144 Å². The quantitative estimate of drug-likeness (QED) is 0.887. The molecule has 1 saturated heterocycles. The second-order valence-corrected chi connectivity index (χ2v) is 6.81. The number of nitrogens with one attached hydrogen (secondary N) is 2. The summed E-state index contributed by atoms with van der Waals surface area (Å²) in [4.78, 5) is 12.6. The minimum absolute atomic E-state index is 0.0360. The van der Waals surface area contributed by atoms with E-state index in [2.05, 4.69) is 41.2 Å². The van der Waals surface area contributed by atoms with E-state index in [9.17, 15) is 4.79 Å². The van der Waals surface area contributed by atoms with Crippen molar-refractivity contribution in [1.82, 2.24) is 15.2 Å². The van der Waals surface area contributed by atoms with Gasteiger partial charge in [0, 0.05) is 23.6 Å². The molecule has 24 heavy (non-hydrogen) atoms. The summed E-state index contributed by atoms with van der Waals surface area (Å²) in [6.07, 6.45) is 2.27. The predicted molar refractivity (Wildman–Crippen MR) is 97.9 cm³/mol. The Hall–Kier alpha value is -2.07. The molecule has 0 bridgehead atoms. The molecule has 4 nitrogen and oxygen atoms in total. The monoisotopic (exact) mass is 325 g/mol. The summed E-state index contributed by atoms with van der Waals surface area (Å²) in [5, 5.41) is 6.46. The fraction of sp³-hybridized carbons (Fsp3) is 0.450. The number of carbonyl (C=O) groups is 1. The number of carbonyl (C=O) groups excluding carboxylic acids is 1. The van der Waals surface area contributed by atoms with Gasteiger partial charge in [0.25, 0.3) is 5.91 Å². The molecular weight excluding hydrogens is 298 g/mol. The van der Waals surface area contributed by atoms with E-state index in [0.29, 0.717) is 5.92 Å². The van der Waals surface area contributed by atoms with E-state index < -0.39 is 0 Å². The molecule has 1 aromatic carbocycles. The van der Waals surface area contributed by atoms with Crippen molar-refractivity contribution in [2.24, 2.45) is 5.92 Å². The SMILES string of the molecule is Cc1ccccc1-n1c(C)cc(C(=O)NCCC2CCNC2)c1C. The van der Waals surface area contributed by atoms with Gasteiger partial charge in [-0.25, -0.2) is 0 Å². The topological polar surface area (TPSA) is 46.1 Å². The molecule has 4 heteroatoms. The highest BCUT2D eigenvalue weighted by molar-refractivity contribution is 5.95. The molecule has 2 N–H and O–H groups in total. The fourth-order valence-electron chi connectivity index (χ4n) is 3.62. The van der Waals surface area contributed by atoms with Gasteiger partial charge in [-0.1, -0.05) is 18.2 Å². The third-order valence-corrected chi connectivity index (χ3v) is 5.03. The molecule has 2 heterocycles. The molecular formula is C20H27N3O. The number of amides is 1. The Morgan fingerprint density at radius 2 is 2.08 bits per heavy atom. The highest BCUT2D eigenvalue weighted by Crippen LogP contribution is 2.23. The van der Waals surface area contributed by atoms with Gasteiger partial charge in [0.2, 0.25) is 0 Å². The van der Waals surface area contributed by atoms with Crippen molar-refractivity contribution < 1.29 is 4.79 Å². The van der Waals surface area contributed by atoms with Crippen LogP contribution in [0.5, 0.6) is 0 Å². The van der Waals surface area contributed by atoms with Crippen LogP contribution in [-0.2, 0) is 0 Å². The number of aromatic nitrogens is 1. The number of hydrogen-bond acceptors (Lipinski definition) is 2. The molecule has 1 atom stereocenters. The zero-order valence-corrected chi connectivity index (χ0v) is 14.9. The molecule has 2 aromatic rings. The molecule has 1 aliphatic rings. The van der Waals surface area contributed by atoms with Crippen molar-refractivity contribution in [3.8, 4) is 5.69 Å². The summed E-state index contributed by atoms with van der Waals surface area (Å²) in [7, 11) is 0. The highest BCUT2D eigenvalue weighted by atomic mass is 16.1. The average molecular weight is 325 g/mol. The van der Waals surface area contributed by atoms with Gasteiger partial charge in [-0.2, -0.15) is 0 Å². The van der Waals surface area contributed by atoms with Crippen molar-refractivity contribution in [2.75, 3.05) is 19.6 Å². The van der Waals surface area contributed by atoms with Crippen molar-refractivity contribution in [3.63, 3.8) is 0 Å². The first-order valence-electron chi connectivity index (χ1n) is 8.82. The second kappa shape index (κ2) is 7.22. The number of benzene rings is 1. The molecule has 0 aliphatic carbocycles. The van der Waals surface area contributed by atoms with Crippen LogP contribution in [0.2, 0.25) is 0 Å². The number of aryl methyl sites for hydroxylation is 2. The molecule has 1 unspecified atom stereocenters. The first-order chi connectivity index (χ1) is 11.6. The van der Waals surface area contributed by atoms with Gasteiger partial charge >= 0.3 is 0 Å². The summed E-state index contributed by atoms with van der Waals surface area (Å²) in [5.41, 5.74) is 5.22. The molecule has 128 valence electrons. The summed E-state index contributed by atoms with van der Waals surface area (Å²) >= 11 is 0. The van der Waals surface area contributed by atoms with Crippen LogP contribution in [0.4, 0.5) is 0 Å². The summed E-state index contributed by atoms with van der Waals surface area (Å²) < 4.78 is 2.17. The Bertz CT molecular complexity index is 726. The average Bonchev–Trinajstić information content (AvgIpc) is 3.17. The summed E-state index contributed by atoms with van der Waals surface area (Å²) in [6, 6.07) is 10.3. The van der Waals surface area contributed by atoms with E-state index >= 15 is 0 Å². The molecule has 3 rings (SSSR count). The maximum absolute atomic E-state index is 12.6. The van der Waals surface area contributed by atoms with Crippen LogP contribution in [0.15, 0.2) is 30.3 Å². The molecule has 1 aliphatic heterocycles. The lowest BCUT2D eigenvalue weighted by atomic mass is 10.1. The third kappa shape index (κ3) is 3.39. The maximum Gasteiger partial charge on any atom is 0.253 e. The van der Waals surface area contributed by atoms with Crippen molar-refractivity contribution in [3.05, 3.63) is 52.8 Å². The minimum atomic E-state index is 0.0360. The molecule has 0 spiro atoms. The lowest BCUT2D eigenvalue weighted by Crippen LogP contribution is -2.26. The normalized spacial score (nSPS) is 17.2. The molecule has 0 radical (unpaired) electrons. The van der Waals surface area contributed by atoms with Gasteiger partial charge in [-0.15, -0.1) is 0 Å². The summed E-state index contributed by atoms with van der Waals surface area (Å²) in [6.45, 7) is 9.12. The maximum atomic E-state index is 12.6. The van der Waals surface area contributed by atoms with E-state index in [4.69, 9.17) is 0 Å². The lowest BCUT2D eigenvalue weighted by Gasteiger charge is -2.13. The largest absolute Gasteiger partial charge is 0.352 e. The van der Waals surface area contributed by atoms with Gasteiger partial charge in [0.05, 0.1) is 5.56 Å². The number of rotatable bonds is 5. The van der Waals surface area contributed by atoms with Crippen LogP contribution in [0.1, 0.15) is 40.2 Å². The number of para-hydroxylation sites is 1. The van der Waals surface area contributed by atoms with Crippen LogP contribution < -0.4 is 10.6 Å². The first kappa shape index (κ1) is 16.8. The van der Waals surface area contributed by atoms with Crippen LogP contribution >= 0.6 is 0 Å². The molecule has 1 fully saturated rings. The van der Waals surface area contributed by atoms with Crippen molar-refractivity contribution in [2.45, 2.75) is 33.6 Å². The third-order valence-electron chi connectivity index (χ3n) is 5.03. The predicted octanol–water partition coefficient (Wildman–Crippen LogP) is 3.13. The van der Waals surface area contributed by atoms with E-state index in [-0.39, 0.29) is 5.91 Å². The van der Waals surface area contributed by atoms with E-state index in [1.165, 1.54) is 12.0 Å². The van der Waals surface area contributed by atoms with E-state index in [1.54, 1.807) is 0 Å². The van der Waals surface area contributed by atoms with Crippen molar-refractivity contribution in [1.29, 1.82) is 0 Å².